The molecule has 2 unspecified atom stereocenters. The molecule has 0 amide bonds. The van der Waals surface area contributed by atoms with Crippen molar-refractivity contribution in [3.05, 3.63) is 30.1 Å². The summed E-state index contributed by atoms with van der Waals surface area (Å²) in [6.07, 6.45) is 0.438. The van der Waals surface area contributed by atoms with Gasteiger partial charge in [0, 0.05) is 0 Å². The molecule has 2 atom stereocenters. The summed E-state index contributed by atoms with van der Waals surface area (Å²) in [5.74, 6) is 0.508. The minimum absolute atomic E-state index is 0.213. The average Bonchev–Trinajstić information content (AvgIpc) is 2.26. The van der Waals surface area contributed by atoms with Gasteiger partial charge in [-0.25, -0.2) is 4.39 Å². The molecule has 0 bridgehead atoms. The van der Waals surface area contributed by atoms with Gasteiger partial charge in [0.25, 0.3) is 0 Å². The molecule has 3 heteroatoms. The zero-order chi connectivity index (χ0) is 11.3. The first-order valence-electron chi connectivity index (χ1n) is 5.20. The summed E-state index contributed by atoms with van der Waals surface area (Å²) < 4.78 is 17.9. The minimum Gasteiger partial charge on any atom is -0.491 e. The van der Waals surface area contributed by atoms with Crippen LogP contribution in [0.1, 0.15) is 20.3 Å². The maximum Gasteiger partial charge on any atom is 0.123 e. The van der Waals surface area contributed by atoms with Gasteiger partial charge in [-0.05, 0) is 30.2 Å². The first-order valence-corrected chi connectivity index (χ1v) is 5.20. The quantitative estimate of drug-likeness (QED) is 0.813. The zero-order valence-corrected chi connectivity index (χ0v) is 9.11. The van der Waals surface area contributed by atoms with E-state index in [-0.39, 0.29) is 18.3 Å². The summed E-state index contributed by atoms with van der Waals surface area (Å²) in [6, 6.07) is 5.78. The van der Waals surface area contributed by atoms with E-state index in [0.29, 0.717) is 5.75 Å². The van der Waals surface area contributed by atoms with Crippen molar-refractivity contribution in [1.29, 1.82) is 0 Å². The van der Waals surface area contributed by atoms with E-state index in [1.165, 1.54) is 12.1 Å². The van der Waals surface area contributed by atoms with Crippen molar-refractivity contribution in [2.24, 2.45) is 5.92 Å². The normalized spacial score (nSPS) is 14.7. The lowest BCUT2D eigenvalue weighted by molar-refractivity contribution is 0.0622. The van der Waals surface area contributed by atoms with E-state index in [2.05, 4.69) is 0 Å². The zero-order valence-electron chi connectivity index (χ0n) is 9.11. The molecule has 15 heavy (non-hydrogen) atoms. The Balaban J connectivity index is 2.40. The minimum atomic E-state index is -0.472. The first-order chi connectivity index (χ1) is 7.13. The van der Waals surface area contributed by atoms with Crippen LogP contribution >= 0.6 is 0 Å². The Morgan fingerprint density at radius 2 is 1.93 bits per heavy atom. The predicted molar refractivity (Wildman–Crippen MR) is 57.4 cm³/mol. The van der Waals surface area contributed by atoms with Gasteiger partial charge < -0.3 is 9.84 Å². The number of benzene rings is 1. The molecule has 0 radical (unpaired) electrons. The second-order valence-electron chi connectivity index (χ2n) is 3.72. The van der Waals surface area contributed by atoms with Crippen molar-refractivity contribution in [3.63, 3.8) is 0 Å². The Bertz CT molecular complexity index is 284. The molecule has 1 rings (SSSR count). The summed E-state index contributed by atoms with van der Waals surface area (Å²) in [4.78, 5) is 0. The summed E-state index contributed by atoms with van der Waals surface area (Å²) >= 11 is 0. The van der Waals surface area contributed by atoms with Gasteiger partial charge in [0.2, 0.25) is 0 Å². The van der Waals surface area contributed by atoms with Crippen molar-refractivity contribution in [2.45, 2.75) is 26.4 Å². The Morgan fingerprint density at radius 1 is 1.33 bits per heavy atom. The van der Waals surface area contributed by atoms with E-state index in [9.17, 15) is 9.50 Å². The van der Waals surface area contributed by atoms with Gasteiger partial charge in [0.05, 0.1) is 6.10 Å². The number of hydrogen-bond acceptors (Lipinski definition) is 2. The summed E-state index contributed by atoms with van der Waals surface area (Å²) in [7, 11) is 0. The number of rotatable bonds is 5. The molecule has 0 aliphatic carbocycles. The van der Waals surface area contributed by atoms with Crippen LogP contribution in [0.5, 0.6) is 5.75 Å². The number of aliphatic hydroxyl groups excluding tert-OH is 1. The van der Waals surface area contributed by atoms with E-state index in [0.717, 1.165) is 6.42 Å². The molecule has 0 spiro atoms. The van der Waals surface area contributed by atoms with Crippen LogP contribution in [-0.4, -0.2) is 17.8 Å². The van der Waals surface area contributed by atoms with Crippen LogP contribution in [0.3, 0.4) is 0 Å². The van der Waals surface area contributed by atoms with Crippen LogP contribution in [-0.2, 0) is 0 Å². The summed E-state index contributed by atoms with van der Waals surface area (Å²) in [6.45, 7) is 4.24. The predicted octanol–water partition coefficient (Wildman–Crippen LogP) is 2.61. The molecule has 1 aromatic rings. The van der Waals surface area contributed by atoms with Crippen LogP contribution in [0.2, 0.25) is 0 Å². The molecule has 0 aliphatic heterocycles. The van der Waals surface area contributed by atoms with Crippen LogP contribution in [0, 0.1) is 11.7 Å². The van der Waals surface area contributed by atoms with Gasteiger partial charge in [-0.2, -0.15) is 0 Å². The highest BCUT2D eigenvalue weighted by atomic mass is 19.1. The molecule has 0 aliphatic rings. The molecule has 1 aromatic carbocycles. The highest BCUT2D eigenvalue weighted by Gasteiger charge is 2.12. The van der Waals surface area contributed by atoms with Crippen molar-refractivity contribution in [2.75, 3.05) is 6.61 Å². The van der Waals surface area contributed by atoms with Gasteiger partial charge in [0.1, 0.15) is 18.2 Å². The van der Waals surface area contributed by atoms with Crippen LogP contribution in [0.15, 0.2) is 24.3 Å². The standard InChI is InChI=1S/C12H17FO2/c1-3-9(2)12(14)8-15-11-6-4-10(13)5-7-11/h4-7,9,12,14H,3,8H2,1-2H3. The smallest absolute Gasteiger partial charge is 0.123 e. The maximum absolute atomic E-state index is 12.6. The van der Waals surface area contributed by atoms with Crippen LogP contribution in [0.4, 0.5) is 4.39 Å². The van der Waals surface area contributed by atoms with Crippen molar-refractivity contribution < 1.29 is 14.2 Å². The molecule has 2 nitrogen and oxygen atoms in total. The summed E-state index contributed by atoms with van der Waals surface area (Å²) in [5, 5.41) is 9.63. The molecule has 0 aromatic heterocycles. The van der Waals surface area contributed by atoms with Gasteiger partial charge in [-0.3, -0.25) is 0 Å². The van der Waals surface area contributed by atoms with Crippen LogP contribution < -0.4 is 4.74 Å². The third kappa shape index (κ3) is 3.88. The SMILES string of the molecule is CCC(C)C(O)COc1ccc(F)cc1. The van der Waals surface area contributed by atoms with E-state index in [4.69, 9.17) is 4.74 Å². The van der Waals surface area contributed by atoms with E-state index in [1.54, 1.807) is 12.1 Å². The Morgan fingerprint density at radius 3 is 2.47 bits per heavy atom. The van der Waals surface area contributed by atoms with Gasteiger partial charge in [-0.1, -0.05) is 20.3 Å². The fraction of sp³-hybridized carbons (Fsp3) is 0.500. The van der Waals surface area contributed by atoms with Crippen molar-refractivity contribution in [3.8, 4) is 5.75 Å². The van der Waals surface area contributed by atoms with Crippen molar-refractivity contribution >= 4 is 0 Å². The molecule has 0 fully saturated rings. The van der Waals surface area contributed by atoms with E-state index >= 15 is 0 Å². The Kier molecular flexibility index (Phi) is 4.56. The molecule has 0 saturated carbocycles. The second kappa shape index (κ2) is 5.71. The highest BCUT2D eigenvalue weighted by Crippen LogP contribution is 2.13. The summed E-state index contributed by atoms with van der Waals surface area (Å²) in [5.41, 5.74) is 0. The van der Waals surface area contributed by atoms with Crippen LogP contribution in [0.25, 0.3) is 0 Å². The molecule has 1 N–H and O–H groups in total. The third-order valence-corrected chi connectivity index (χ3v) is 2.54. The largest absolute Gasteiger partial charge is 0.491 e. The molecule has 0 saturated heterocycles. The number of aliphatic hydroxyl groups is 1. The van der Waals surface area contributed by atoms with E-state index < -0.39 is 6.10 Å². The lowest BCUT2D eigenvalue weighted by Crippen LogP contribution is -2.24. The Labute approximate surface area is 89.7 Å². The fourth-order valence-electron chi connectivity index (χ4n) is 1.15. The molecular formula is C12H17FO2. The van der Waals surface area contributed by atoms with Gasteiger partial charge >= 0.3 is 0 Å². The van der Waals surface area contributed by atoms with Crippen molar-refractivity contribution in [1.82, 2.24) is 0 Å². The fourth-order valence-corrected chi connectivity index (χ4v) is 1.15. The number of ether oxygens (including phenoxy) is 1. The third-order valence-electron chi connectivity index (χ3n) is 2.54. The monoisotopic (exact) mass is 212 g/mol. The van der Waals surface area contributed by atoms with E-state index in [1.807, 2.05) is 13.8 Å². The topological polar surface area (TPSA) is 29.5 Å². The Hall–Kier alpha value is -1.09. The highest BCUT2D eigenvalue weighted by molar-refractivity contribution is 5.22. The molecule has 0 heterocycles. The number of hydrogen-bond donors (Lipinski definition) is 1. The molecule has 84 valence electrons. The number of halogens is 1. The second-order valence-corrected chi connectivity index (χ2v) is 3.72. The first kappa shape index (κ1) is 12.0. The van der Waals surface area contributed by atoms with Gasteiger partial charge in [0.15, 0.2) is 0 Å². The lowest BCUT2D eigenvalue weighted by Gasteiger charge is -2.17. The lowest BCUT2D eigenvalue weighted by atomic mass is 10.0. The average molecular weight is 212 g/mol. The maximum atomic E-state index is 12.6. The van der Waals surface area contributed by atoms with Gasteiger partial charge in [-0.15, -0.1) is 0 Å². The molecular weight excluding hydrogens is 195 g/mol.